The second kappa shape index (κ2) is 6.44. The first-order valence-corrected chi connectivity index (χ1v) is 9.51. The molecule has 0 amide bonds. The van der Waals surface area contributed by atoms with Crippen molar-refractivity contribution in [3.8, 4) is 22.4 Å². The van der Waals surface area contributed by atoms with Crippen LogP contribution in [0.15, 0.2) is 67.0 Å². The summed E-state index contributed by atoms with van der Waals surface area (Å²) in [5, 5.41) is 0. The molecule has 0 bridgehead atoms. The summed E-state index contributed by atoms with van der Waals surface area (Å²) < 4.78 is 6.75. The van der Waals surface area contributed by atoms with Crippen LogP contribution in [0.3, 0.4) is 0 Å². The summed E-state index contributed by atoms with van der Waals surface area (Å²) in [7, 11) is 1.45. The molecule has 1 aliphatic carbocycles. The highest BCUT2D eigenvalue weighted by Crippen LogP contribution is 2.49. The van der Waals surface area contributed by atoms with Crippen molar-refractivity contribution in [2.75, 3.05) is 12.8 Å². The first kappa shape index (κ1) is 17.4. The number of ether oxygens (including phenoxy) is 1. The van der Waals surface area contributed by atoms with E-state index < -0.39 is 5.41 Å². The Morgan fingerprint density at radius 3 is 2.24 bits per heavy atom. The van der Waals surface area contributed by atoms with E-state index in [9.17, 15) is 4.79 Å². The quantitative estimate of drug-likeness (QED) is 0.541. The Kier molecular flexibility index (Phi) is 3.87. The minimum Gasteiger partial charge on any atom is -0.468 e. The number of anilines is 1. The minimum atomic E-state index is -0.439. The SMILES string of the molecule is COC(=O)C1(c2ccc(-c3ccc(-c4nc5ncccn5c4N)cc3)cc2)CC1. The van der Waals surface area contributed by atoms with Crippen molar-refractivity contribution < 1.29 is 9.53 Å². The lowest BCUT2D eigenvalue weighted by molar-refractivity contribution is -0.143. The van der Waals surface area contributed by atoms with Gasteiger partial charge in [0.2, 0.25) is 5.78 Å². The standard InChI is InChI=1S/C23H20N4O2/c1-29-21(28)23(11-12-23)18-9-7-16(8-10-18)15-3-5-17(6-4-15)19-20(24)27-14-2-13-25-22(27)26-19/h2-10,13-14H,11-12,24H2,1H3. The number of esters is 1. The van der Waals surface area contributed by atoms with E-state index in [1.54, 1.807) is 10.6 Å². The van der Waals surface area contributed by atoms with Crippen molar-refractivity contribution in [3.05, 3.63) is 72.6 Å². The summed E-state index contributed by atoms with van der Waals surface area (Å²) in [6, 6.07) is 18.1. The summed E-state index contributed by atoms with van der Waals surface area (Å²) in [5.74, 6) is 1.01. The van der Waals surface area contributed by atoms with Crippen molar-refractivity contribution in [2.45, 2.75) is 18.3 Å². The lowest BCUT2D eigenvalue weighted by Crippen LogP contribution is -2.21. The molecule has 2 N–H and O–H groups in total. The lowest BCUT2D eigenvalue weighted by atomic mass is 9.93. The maximum absolute atomic E-state index is 12.1. The summed E-state index contributed by atoms with van der Waals surface area (Å²) in [5.41, 5.74) is 10.7. The van der Waals surface area contributed by atoms with Crippen molar-refractivity contribution >= 4 is 17.6 Å². The third-order valence-electron chi connectivity index (χ3n) is 5.70. The molecule has 0 unspecified atom stereocenters. The zero-order valence-electron chi connectivity index (χ0n) is 16.0. The Balaban J connectivity index is 1.43. The third kappa shape index (κ3) is 2.76. The highest BCUT2D eigenvalue weighted by atomic mass is 16.5. The van der Waals surface area contributed by atoms with Gasteiger partial charge in [-0.1, -0.05) is 48.5 Å². The zero-order chi connectivity index (χ0) is 20.0. The summed E-state index contributed by atoms with van der Waals surface area (Å²) in [6.45, 7) is 0. The van der Waals surface area contributed by atoms with Crippen LogP contribution in [-0.4, -0.2) is 27.4 Å². The third-order valence-corrected chi connectivity index (χ3v) is 5.70. The van der Waals surface area contributed by atoms with Crippen molar-refractivity contribution in [3.63, 3.8) is 0 Å². The summed E-state index contributed by atoms with van der Waals surface area (Å²) >= 11 is 0. The van der Waals surface area contributed by atoms with E-state index in [-0.39, 0.29) is 5.97 Å². The number of nitrogen functional groups attached to an aromatic ring is 1. The molecule has 0 saturated heterocycles. The van der Waals surface area contributed by atoms with Crippen LogP contribution in [0.2, 0.25) is 0 Å². The molecule has 29 heavy (non-hydrogen) atoms. The molecule has 0 atom stereocenters. The van der Waals surface area contributed by atoms with Gasteiger partial charge in [0.25, 0.3) is 0 Å². The van der Waals surface area contributed by atoms with Crippen LogP contribution in [0.1, 0.15) is 18.4 Å². The first-order valence-electron chi connectivity index (χ1n) is 9.51. The van der Waals surface area contributed by atoms with Crippen LogP contribution in [0.4, 0.5) is 5.82 Å². The molecule has 0 radical (unpaired) electrons. The molecule has 4 aromatic rings. The van der Waals surface area contributed by atoms with Gasteiger partial charge in [-0.25, -0.2) is 9.97 Å². The monoisotopic (exact) mass is 384 g/mol. The van der Waals surface area contributed by atoms with Crippen molar-refractivity contribution in [1.82, 2.24) is 14.4 Å². The van der Waals surface area contributed by atoms with Crippen LogP contribution in [0.5, 0.6) is 0 Å². The Labute approximate surface area is 168 Å². The number of carbonyl (C=O) groups excluding carboxylic acids is 1. The molecule has 1 saturated carbocycles. The Morgan fingerprint density at radius 2 is 1.66 bits per heavy atom. The number of imidazole rings is 1. The molecule has 0 aliphatic heterocycles. The normalized spacial score (nSPS) is 14.7. The molecular weight excluding hydrogens is 364 g/mol. The van der Waals surface area contributed by atoms with Crippen LogP contribution in [0.25, 0.3) is 28.2 Å². The molecule has 5 rings (SSSR count). The topological polar surface area (TPSA) is 82.5 Å². The molecule has 1 aliphatic rings. The minimum absolute atomic E-state index is 0.144. The molecule has 0 spiro atoms. The number of nitrogens with zero attached hydrogens (tertiary/aromatic N) is 3. The molecule has 2 aromatic carbocycles. The fraction of sp³-hybridized carbons (Fsp3) is 0.174. The van der Waals surface area contributed by atoms with E-state index in [0.717, 1.165) is 40.8 Å². The van der Waals surface area contributed by atoms with Gasteiger partial charge in [0, 0.05) is 18.0 Å². The number of hydrogen-bond acceptors (Lipinski definition) is 5. The van der Waals surface area contributed by atoms with Crippen LogP contribution in [0, 0.1) is 0 Å². The smallest absolute Gasteiger partial charge is 0.316 e. The van der Waals surface area contributed by atoms with Gasteiger partial charge in [-0.05, 0) is 35.6 Å². The van der Waals surface area contributed by atoms with Gasteiger partial charge in [0.1, 0.15) is 11.5 Å². The van der Waals surface area contributed by atoms with Gasteiger partial charge in [0.05, 0.1) is 12.5 Å². The highest BCUT2D eigenvalue weighted by molar-refractivity contribution is 5.87. The molecule has 6 heteroatoms. The van der Waals surface area contributed by atoms with Crippen molar-refractivity contribution in [1.29, 1.82) is 0 Å². The van der Waals surface area contributed by atoms with E-state index >= 15 is 0 Å². The van der Waals surface area contributed by atoms with E-state index in [1.807, 2.05) is 36.5 Å². The maximum Gasteiger partial charge on any atom is 0.316 e. The van der Waals surface area contributed by atoms with E-state index in [2.05, 4.69) is 34.2 Å². The lowest BCUT2D eigenvalue weighted by Gasteiger charge is -2.13. The molecule has 144 valence electrons. The predicted molar refractivity (Wildman–Crippen MR) is 111 cm³/mol. The Morgan fingerprint density at radius 1 is 1.03 bits per heavy atom. The van der Waals surface area contributed by atoms with E-state index in [4.69, 9.17) is 10.5 Å². The highest BCUT2D eigenvalue weighted by Gasteiger charge is 2.52. The second-order valence-corrected chi connectivity index (χ2v) is 7.36. The Bertz CT molecular complexity index is 1210. The van der Waals surface area contributed by atoms with Crippen LogP contribution in [-0.2, 0) is 14.9 Å². The second-order valence-electron chi connectivity index (χ2n) is 7.36. The maximum atomic E-state index is 12.1. The fourth-order valence-corrected chi connectivity index (χ4v) is 3.85. The molecule has 1 fully saturated rings. The number of nitrogens with two attached hydrogens (primary N) is 1. The summed E-state index contributed by atoms with van der Waals surface area (Å²) in [4.78, 5) is 20.9. The fourth-order valence-electron chi connectivity index (χ4n) is 3.85. The van der Waals surface area contributed by atoms with Gasteiger partial charge in [-0.2, -0.15) is 0 Å². The Hall–Kier alpha value is -3.67. The number of carbonyl (C=O) groups is 1. The van der Waals surface area contributed by atoms with Gasteiger partial charge < -0.3 is 10.5 Å². The van der Waals surface area contributed by atoms with Crippen molar-refractivity contribution in [2.24, 2.45) is 0 Å². The number of aromatic nitrogens is 3. The number of hydrogen-bond donors (Lipinski definition) is 1. The number of fused-ring (bicyclic) bond motifs is 1. The molecular formula is C23H20N4O2. The molecule has 2 aromatic heterocycles. The number of rotatable bonds is 4. The van der Waals surface area contributed by atoms with Gasteiger partial charge >= 0.3 is 5.97 Å². The molecule has 6 nitrogen and oxygen atoms in total. The largest absolute Gasteiger partial charge is 0.468 e. The average molecular weight is 384 g/mol. The molecule has 2 heterocycles. The first-order chi connectivity index (χ1) is 14.1. The van der Waals surface area contributed by atoms with Crippen LogP contribution < -0.4 is 5.73 Å². The number of methoxy groups -OCH3 is 1. The van der Waals surface area contributed by atoms with Gasteiger partial charge in [-0.3, -0.25) is 9.20 Å². The van der Waals surface area contributed by atoms with E-state index in [1.165, 1.54) is 7.11 Å². The zero-order valence-corrected chi connectivity index (χ0v) is 16.0. The van der Waals surface area contributed by atoms with Gasteiger partial charge in [0.15, 0.2) is 0 Å². The van der Waals surface area contributed by atoms with Crippen LogP contribution >= 0.6 is 0 Å². The predicted octanol–water partition coefficient (Wildman–Crippen LogP) is 3.85. The van der Waals surface area contributed by atoms with E-state index in [0.29, 0.717) is 11.6 Å². The number of benzene rings is 2. The van der Waals surface area contributed by atoms with Gasteiger partial charge in [-0.15, -0.1) is 0 Å². The average Bonchev–Trinajstić information content (AvgIpc) is 3.53. The summed E-state index contributed by atoms with van der Waals surface area (Å²) in [6.07, 6.45) is 5.25.